The molecule has 1 saturated heterocycles. The average molecular weight is 272 g/mol. The first-order valence-electron chi connectivity index (χ1n) is 6.29. The number of rotatable bonds is 2. The lowest BCUT2D eigenvalue weighted by Crippen LogP contribution is -2.41. The average Bonchev–Trinajstić information content (AvgIpc) is 2.33. The van der Waals surface area contributed by atoms with Crippen molar-refractivity contribution in [3.8, 4) is 0 Å². The van der Waals surface area contributed by atoms with E-state index in [0.29, 0.717) is 0 Å². The number of hydrogen-bond acceptors (Lipinski definition) is 4. The standard InChI is InChI=1S/C16H16O4/c1-11-7-9-12(10-8-11)5-4-6-13-14(17)19-16(2,3)20-15(13)18/h4-10H,1-3H3. The first-order valence-corrected chi connectivity index (χ1v) is 6.29. The maximum absolute atomic E-state index is 11.7. The highest BCUT2D eigenvalue weighted by Crippen LogP contribution is 2.22. The summed E-state index contributed by atoms with van der Waals surface area (Å²) in [4.78, 5) is 23.4. The summed E-state index contributed by atoms with van der Waals surface area (Å²) >= 11 is 0. The van der Waals surface area contributed by atoms with Gasteiger partial charge < -0.3 is 9.47 Å². The Labute approximate surface area is 117 Å². The molecule has 0 N–H and O–H groups in total. The molecular weight excluding hydrogens is 256 g/mol. The van der Waals surface area contributed by atoms with E-state index in [4.69, 9.17) is 9.47 Å². The van der Waals surface area contributed by atoms with Crippen LogP contribution in [0.25, 0.3) is 6.08 Å². The van der Waals surface area contributed by atoms with Gasteiger partial charge in [-0.25, -0.2) is 9.59 Å². The third kappa shape index (κ3) is 3.35. The predicted molar refractivity (Wildman–Crippen MR) is 74.6 cm³/mol. The lowest BCUT2D eigenvalue weighted by Gasteiger charge is -2.29. The van der Waals surface area contributed by atoms with E-state index in [-0.39, 0.29) is 5.57 Å². The number of hydrogen-bond donors (Lipinski definition) is 0. The van der Waals surface area contributed by atoms with Crippen LogP contribution in [-0.4, -0.2) is 17.7 Å². The van der Waals surface area contributed by atoms with Gasteiger partial charge in [-0.2, -0.15) is 0 Å². The van der Waals surface area contributed by atoms with Gasteiger partial charge in [-0.15, -0.1) is 0 Å². The lowest BCUT2D eigenvalue weighted by atomic mass is 10.1. The quantitative estimate of drug-likeness (QED) is 0.472. The molecule has 0 aliphatic carbocycles. The van der Waals surface area contributed by atoms with E-state index in [1.807, 2.05) is 31.2 Å². The molecular formula is C16H16O4. The Hall–Kier alpha value is -2.36. The van der Waals surface area contributed by atoms with Crippen molar-refractivity contribution in [3.05, 3.63) is 53.1 Å². The summed E-state index contributed by atoms with van der Waals surface area (Å²) in [7, 11) is 0. The molecule has 0 aromatic heterocycles. The number of ether oxygens (including phenoxy) is 2. The summed E-state index contributed by atoms with van der Waals surface area (Å²) in [6, 6.07) is 7.87. The van der Waals surface area contributed by atoms with Crippen molar-refractivity contribution in [1.82, 2.24) is 0 Å². The highest BCUT2D eigenvalue weighted by atomic mass is 16.7. The van der Waals surface area contributed by atoms with Crippen molar-refractivity contribution in [1.29, 1.82) is 0 Å². The van der Waals surface area contributed by atoms with Crippen LogP contribution in [0, 0.1) is 6.92 Å². The van der Waals surface area contributed by atoms with Crippen LogP contribution in [-0.2, 0) is 19.1 Å². The van der Waals surface area contributed by atoms with E-state index >= 15 is 0 Å². The smallest absolute Gasteiger partial charge is 0.348 e. The second kappa shape index (κ2) is 5.33. The van der Waals surface area contributed by atoms with E-state index < -0.39 is 17.7 Å². The Morgan fingerprint density at radius 2 is 1.55 bits per heavy atom. The van der Waals surface area contributed by atoms with Crippen LogP contribution in [0.1, 0.15) is 25.0 Å². The Balaban J connectivity index is 2.13. The van der Waals surface area contributed by atoms with Gasteiger partial charge in [0.25, 0.3) is 5.79 Å². The molecule has 1 fully saturated rings. The van der Waals surface area contributed by atoms with Crippen molar-refractivity contribution < 1.29 is 19.1 Å². The molecule has 104 valence electrons. The number of esters is 2. The van der Waals surface area contributed by atoms with E-state index in [0.717, 1.165) is 5.56 Å². The molecule has 1 aromatic carbocycles. The van der Waals surface area contributed by atoms with Gasteiger partial charge >= 0.3 is 11.9 Å². The molecule has 0 bridgehead atoms. The molecule has 1 heterocycles. The zero-order valence-corrected chi connectivity index (χ0v) is 11.7. The van der Waals surface area contributed by atoms with Gasteiger partial charge in [0, 0.05) is 13.8 Å². The highest BCUT2D eigenvalue weighted by molar-refractivity contribution is 6.15. The van der Waals surface area contributed by atoms with E-state index in [1.165, 1.54) is 25.5 Å². The molecule has 4 nitrogen and oxygen atoms in total. The van der Waals surface area contributed by atoms with Crippen LogP contribution in [0.2, 0.25) is 0 Å². The molecule has 1 aliphatic rings. The third-order valence-corrected chi connectivity index (χ3v) is 2.75. The van der Waals surface area contributed by atoms with Crippen LogP contribution >= 0.6 is 0 Å². The number of carbonyl (C=O) groups is 2. The largest absolute Gasteiger partial charge is 0.419 e. The molecule has 1 aromatic rings. The number of cyclic esters (lactones) is 2. The Morgan fingerprint density at radius 3 is 2.10 bits per heavy atom. The fourth-order valence-electron chi connectivity index (χ4n) is 1.73. The number of allylic oxidation sites excluding steroid dienone is 2. The van der Waals surface area contributed by atoms with E-state index in [9.17, 15) is 9.59 Å². The Morgan fingerprint density at radius 1 is 1.00 bits per heavy atom. The number of carbonyl (C=O) groups excluding carboxylic acids is 2. The van der Waals surface area contributed by atoms with Crippen molar-refractivity contribution in [2.75, 3.05) is 0 Å². The zero-order valence-electron chi connectivity index (χ0n) is 11.7. The maximum Gasteiger partial charge on any atom is 0.348 e. The molecule has 0 amide bonds. The van der Waals surface area contributed by atoms with Gasteiger partial charge in [0.15, 0.2) is 0 Å². The second-order valence-corrected chi connectivity index (χ2v) is 5.03. The summed E-state index contributed by atoms with van der Waals surface area (Å²) in [6.45, 7) is 5.04. The first kappa shape index (κ1) is 14.1. The maximum atomic E-state index is 11.7. The van der Waals surface area contributed by atoms with Gasteiger partial charge in [0.2, 0.25) is 0 Å². The monoisotopic (exact) mass is 272 g/mol. The molecule has 4 heteroatoms. The van der Waals surface area contributed by atoms with Crippen LogP contribution in [0.4, 0.5) is 0 Å². The SMILES string of the molecule is Cc1ccc(C=CC=C2C(=O)OC(C)(C)OC2=O)cc1. The van der Waals surface area contributed by atoms with Gasteiger partial charge in [0.1, 0.15) is 5.57 Å². The molecule has 0 radical (unpaired) electrons. The highest BCUT2D eigenvalue weighted by Gasteiger charge is 2.38. The normalized spacial score (nSPS) is 17.9. The van der Waals surface area contributed by atoms with Crippen molar-refractivity contribution in [2.24, 2.45) is 0 Å². The van der Waals surface area contributed by atoms with Gasteiger partial charge in [-0.1, -0.05) is 42.0 Å². The molecule has 2 rings (SSSR count). The summed E-state index contributed by atoms with van der Waals surface area (Å²) in [5.41, 5.74) is 2.04. The number of benzene rings is 1. The van der Waals surface area contributed by atoms with Crippen molar-refractivity contribution in [2.45, 2.75) is 26.6 Å². The third-order valence-electron chi connectivity index (χ3n) is 2.75. The summed E-state index contributed by atoms with van der Waals surface area (Å²) in [5.74, 6) is -2.54. The topological polar surface area (TPSA) is 52.6 Å². The Kier molecular flexibility index (Phi) is 3.74. The van der Waals surface area contributed by atoms with Crippen molar-refractivity contribution in [3.63, 3.8) is 0 Å². The Bertz CT molecular complexity index is 569. The van der Waals surface area contributed by atoms with Crippen LogP contribution in [0.3, 0.4) is 0 Å². The minimum Gasteiger partial charge on any atom is -0.419 e. The lowest BCUT2D eigenvalue weighted by molar-refractivity contribution is -0.222. The molecule has 1 aliphatic heterocycles. The number of aryl methyl sites for hydroxylation is 1. The first-order chi connectivity index (χ1) is 9.37. The van der Waals surface area contributed by atoms with Gasteiger partial charge in [-0.3, -0.25) is 0 Å². The zero-order chi connectivity index (χ0) is 14.8. The molecule has 0 unspecified atom stereocenters. The minimum absolute atomic E-state index is 0.104. The van der Waals surface area contributed by atoms with Crippen LogP contribution in [0.15, 0.2) is 42.0 Å². The minimum atomic E-state index is -1.20. The van der Waals surface area contributed by atoms with Crippen LogP contribution in [0.5, 0.6) is 0 Å². The van der Waals surface area contributed by atoms with Gasteiger partial charge in [0.05, 0.1) is 0 Å². The fourth-order valence-corrected chi connectivity index (χ4v) is 1.73. The van der Waals surface area contributed by atoms with E-state index in [1.54, 1.807) is 12.2 Å². The molecule has 0 saturated carbocycles. The summed E-state index contributed by atoms with van der Waals surface area (Å²) in [6.07, 6.45) is 4.83. The van der Waals surface area contributed by atoms with Crippen molar-refractivity contribution >= 4 is 18.0 Å². The summed E-state index contributed by atoms with van der Waals surface area (Å²) in [5, 5.41) is 0. The molecule has 20 heavy (non-hydrogen) atoms. The van der Waals surface area contributed by atoms with Gasteiger partial charge in [-0.05, 0) is 18.6 Å². The van der Waals surface area contributed by atoms with Crippen LogP contribution < -0.4 is 0 Å². The predicted octanol–water partition coefficient (Wildman–Crippen LogP) is 2.77. The van der Waals surface area contributed by atoms with E-state index in [2.05, 4.69) is 0 Å². The molecule has 0 atom stereocenters. The second-order valence-electron chi connectivity index (χ2n) is 5.03. The summed E-state index contributed by atoms with van der Waals surface area (Å²) < 4.78 is 9.98. The molecule has 0 spiro atoms. The fraction of sp³-hybridized carbons (Fsp3) is 0.250.